The molecule has 37 heavy (non-hydrogen) atoms. The number of carbonyl (C=O) groups is 1. The van der Waals surface area contributed by atoms with Crippen LogP contribution < -0.4 is 14.8 Å². The number of sulfonamides is 1. The molecule has 2 aromatic heterocycles. The van der Waals surface area contributed by atoms with Gasteiger partial charge >= 0.3 is 6.61 Å². The zero-order valence-electron chi connectivity index (χ0n) is 19.5. The van der Waals surface area contributed by atoms with Crippen LogP contribution in [0, 0.1) is 0 Å². The maximum absolute atomic E-state index is 13.1. The minimum atomic E-state index is -3.56. The van der Waals surface area contributed by atoms with Gasteiger partial charge in [-0.25, -0.2) is 13.4 Å². The number of carbonyl (C=O) groups excluding carboxylic acids is 1. The van der Waals surface area contributed by atoms with Gasteiger partial charge in [-0.15, -0.1) is 11.3 Å². The number of anilines is 1. The number of aliphatic hydroxyl groups excluding tert-OH is 1. The number of furan rings is 1. The van der Waals surface area contributed by atoms with Crippen LogP contribution in [0.25, 0.3) is 32.5 Å². The van der Waals surface area contributed by atoms with Gasteiger partial charge in [0.15, 0.2) is 11.3 Å². The molecule has 1 amide bonds. The monoisotopic (exact) mass is 551 g/mol. The second kappa shape index (κ2) is 9.88. The molecule has 2 heterocycles. The van der Waals surface area contributed by atoms with Crippen molar-refractivity contribution in [3.8, 4) is 16.3 Å². The summed E-state index contributed by atoms with van der Waals surface area (Å²) in [6.07, 6.45) is 3.30. The predicted octanol–water partition coefficient (Wildman–Crippen LogP) is 4.72. The summed E-state index contributed by atoms with van der Waals surface area (Å²) in [5.74, 6) is -0.522. The van der Waals surface area contributed by atoms with Gasteiger partial charge in [-0.05, 0) is 56.0 Å². The van der Waals surface area contributed by atoms with Gasteiger partial charge in [0.1, 0.15) is 16.3 Å². The van der Waals surface area contributed by atoms with Crippen LogP contribution in [-0.4, -0.2) is 49.4 Å². The van der Waals surface area contributed by atoms with E-state index in [1.165, 1.54) is 35.6 Å². The number of aromatic nitrogens is 1. The lowest BCUT2D eigenvalue weighted by atomic mass is 9.93. The van der Waals surface area contributed by atoms with Crippen LogP contribution in [0.3, 0.4) is 0 Å². The van der Waals surface area contributed by atoms with Crippen LogP contribution in [0.15, 0.2) is 40.1 Å². The number of aliphatic hydroxyl groups is 1. The number of benzene rings is 2. The summed E-state index contributed by atoms with van der Waals surface area (Å²) in [6.45, 7) is -3.08. The van der Waals surface area contributed by atoms with E-state index in [1.807, 2.05) is 0 Å². The number of alkyl halides is 2. The average Bonchev–Trinajstić information content (AvgIpc) is 3.45. The van der Waals surface area contributed by atoms with Crippen LogP contribution in [0.5, 0.6) is 5.75 Å². The van der Waals surface area contributed by atoms with Crippen molar-refractivity contribution in [3.63, 3.8) is 0 Å². The van der Waals surface area contributed by atoms with Crippen LogP contribution in [0.4, 0.5) is 14.5 Å². The Kier molecular flexibility index (Phi) is 6.77. The molecular weight excluding hydrogens is 528 g/mol. The number of hydrogen-bond acceptors (Lipinski definition) is 8. The van der Waals surface area contributed by atoms with Crippen molar-refractivity contribution in [3.05, 3.63) is 41.4 Å². The molecule has 0 aliphatic heterocycles. The van der Waals surface area contributed by atoms with E-state index in [4.69, 9.17) is 4.42 Å². The van der Waals surface area contributed by atoms with Crippen LogP contribution in [-0.2, 0) is 10.0 Å². The van der Waals surface area contributed by atoms with Crippen molar-refractivity contribution in [1.29, 1.82) is 0 Å². The van der Waals surface area contributed by atoms with E-state index >= 15 is 0 Å². The lowest BCUT2D eigenvalue weighted by molar-refractivity contribution is -0.0493. The normalized spacial score (nSPS) is 18.4. The summed E-state index contributed by atoms with van der Waals surface area (Å²) >= 11 is 1.20. The average molecular weight is 552 g/mol. The van der Waals surface area contributed by atoms with Crippen LogP contribution >= 0.6 is 11.3 Å². The highest BCUT2D eigenvalue weighted by Gasteiger charge is 2.24. The Morgan fingerprint density at radius 3 is 2.68 bits per heavy atom. The van der Waals surface area contributed by atoms with Gasteiger partial charge in [0.25, 0.3) is 5.91 Å². The van der Waals surface area contributed by atoms with Gasteiger partial charge in [-0.3, -0.25) is 9.52 Å². The fraction of sp³-hybridized carbons (Fsp3) is 0.333. The zero-order chi connectivity index (χ0) is 26.3. The summed E-state index contributed by atoms with van der Waals surface area (Å²) in [6, 6.07) is 7.41. The number of nitrogens with one attached hydrogen (secondary N) is 2. The van der Waals surface area contributed by atoms with E-state index in [1.54, 1.807) is 11.4 Å². The number of nitrogens with zero attached hydrogens (tertiary/aromatic N) is 1. The molecule has 1 aliphatic carbocycles. The fourth-order valence-electron chi connectivity index (χ4n) is 4.48. The molecule has 2 aromatic carbocycles. The van der Waals surface area contributed by atoms with Crippen molar-refractivity contribution >= 4 is 54.9 Å². The molecule has 1 fully saturated rings. The Bertz CT molecular complexity index is 1580. The Balaban J connectivity index is 1.55. The molecule has 5 rings (SSSR count). The highest BCUT2D eigenvalue weighted by atomic mass is 32.2. The van der Waals surface area contributed by atoms with Gasteiger partial charge in [0.05, 0.1) is 12.4 Å². The van der Waals surface area contributed by atoms with Crippen molar-refractivity contribution in [1.82, 2.24) is 10.3 Å². The smallest absolute Gasteiger partial charge is 0.387 e. The molecule has 13 heteroatoms. The minimum absolute atomic E-state index is 0.0443. The number of halogens is 2. The topological polar surface area (TPSA) is 131 Å². The van der Waals surface area contributed by atoms with Crippen molar-refractivity contribution in [2.45, 2.75) is 44.4 Å². The molecule has 0 spiro atoms. The number of fused-ring (bicyclic) bond motifs is 3. The first kappa shape index (κ1) is 25.4. The van der Waals surface area contributed by atoms with Crippen molar-refractivity contribution in [2.75, 3.05) is 11.0 Å². The molecule has 0 atom stereocenters. The molecule has 1 aliphatic rings. The zero-order valence-corrected chi connectivity index (χ0v) is 21.2. The number of amides is 1. The highest BCUT2D eigenvalue weighted by molar-refractivity contribution is 7.92. The maximum atomic E-state index is 13.1. The fourth-order valence-corrected chi connectivity index (χ4v) is 5.87. The Morgan fingerprint density at radius 1 is 1.22 bits per heavy atom. The summed E-state index contributed by atoms with van der Waals surface area (Å²) < 4.78 is 62.5. The predicted molar refractivity (Wildman–Crippen MR) is 136 cm³/mol. The first-order valence-electron chi connectivity index (χ1n) is 11.4. The first-order chi connectivity index (χ1) is 17.6. The second-order valence-electron chi connectivity index (χ2n) is 8.90. The quantitative estimate of drug-likeness (QED) is 0.303. The standard InChI is InChI=1S/C24H23F2N3O6S2/c1-37(32,33)29-13-4-8-18-16(10-13)20-15(7-9-19(21(20)34-18)35-24(25)26)23-28-17(11-36-23)22(31)27-12-2-5-14(30)6-3-12/h4,7-12,14,24,29-30H,2-3,5-6H2,1H3,(H,27,31). The summed E-state index contributed by atoms with van der Waals surface area (Å²) in [5.41, 5.74) is 1.36. The van der Waals surface area contributed by atoms with Gasteiger partial charge in [0.2, 0.25) is 10.0 Å². The van der Waals surface area contributed by atoms with E-state index in [2.05, 4.69) is 19.8 Å². The molecule has 196 valence electrons. The molecule has 0 bridgehead atoms. The van der Waals surface area contributed by atoms with E-state index in [-0.39, 0.29) is 40.8 Å². The van der Waals surface area contributed by atoms with E-state index in [0.717, 1.165) is 6.26 Å². The molecule has 0 radical (unpaired) electrons. The summed E-state index contributed by atoms with van der Waals surface area (Å²) in [5, 5.41) is 15.5. The van der Waals surface area contributed by atoms with Gasteiger partial charge in [0, 0.05) is 33.4 Å². The molecule has 1 saturated carbocycles. The Labute approximate surface area is 214 Å². The maximum Gasteiger partial charge on any atom is 0.387 e. The highest BCUT2D eigenvalue weighted by Crippen LogP contribution is 2.43. The van der Waals surface area contributed by atoms with Gasteiger partial charge in [-0.1, -0.05) is 0 Å². The SMILES string of the molecule is CS(=O)(=O)Nc1ccc2oc3c(OC(F)F)ccc(-c4nc(C(=O)NC5CCC(O)CC5)cs4)c3c2c1. The third-order valence-electron chi connectivity index (χ3n) is 6.10. The lowest BCUT2D eigenvalue weighted by Gasteiger charge is -2.25. The third kappa shape index (κ3) is 5.53. The number of hydrogen-bond donors (Lipinski definition) is 3. The number of thiazole rings is 1. The van der Waals surface area contributed by atoms with Crippen molar-refractivity contribution < 1.29 is 36.3 Å². The second-order valence-corrected chi connectivity index (χ2v) is 11.5. The van der Waals surface area contributed by atoms with Crippen LogP contribution in [0.1, 0.15) is 36.2 Å². The van der Waals surface area contributed by atoms with Gasteiger partial charge in [-0.2, -0.15) is 8.78 Å². The number of rotatable bonds is 7. The largest absolute Gasteiger partial charge is 0.452 e. The molecule has 0 saturated heterocycles. The van der Waals surface area contributed by atoms with Crippen LogP contribution in [0.2, 0.25) is 0 Å². The molecule has 4 aromatic rings. The van der Waals surface area contributed by atoms with Gasteiger partial charge < -0.3 is 19.6 Å². The minimum Gasteiger partial charge on any atom is -0.452 e. The third-order valence-corrected chi connectivity index (χ3v) is 7.58. The Morgan fingerprint density at radius 2 is 1.97 bits per heavy atom. The summed E-state index contributed by atoms with van der Waals surface area (Å²) in [7, 11) is -3.56. The molecule has 9 nitrogen and oxygen atoms in total. The molecule has 3 N–H and O–H groups in total. The molecular formula is C24H23F2N3O6S2. The van der Waals surface area contributed by atoms with E-state index < -0.39 is 16.6 Å². The lowest BCUT2D eigenvalue weighted by Crippen LogP contribution is -2.38. The van der Waals surface area contributed by atoms with E-state index in [9.17, 15) is 27.1 Å². The summed E-state index contributed by atoms with van der Waals surface area (Å²) in [4.78, 5) is 17.3. The molecule has 0 unspecified atom stereocenters. The first-order valence-corrected chi connectivity index (χ1v) is 14.2. The van der Waals surface area contributed by atoms with E-state index in [0.29, 0.717) is 52.6 Å². The Hall–Kier alpha value is -3.29. The van der Waals surface area contributed by atoms with Crippen molar-refractivity contribution in [2.24, 2.45) is 0 Å². The number of ether oxygens (including phenoxy) is 1.